The van der Waals surface area contributed by atoms with Crippen LogP contribution in [0.2, 0.25) is 0 Å². The Morgan fingerprint density at radius 3 is 2.74 bits per heavy atom. The molecule has 1 heterocycles. The van der Waals surface area contributed by atoms with E-state index >= 15 is 0 Å². The lowest BCUT2D eigenvalue weighted by atomic mass is 10.1. The monoisotopic (exact) mass is 325 g/mol. The molecule has 0 bridgehead atoms. The minimum absolute atomic E-state index is 0.0203. The number of thioether (sulfide) groups is 1. The molecule has 1 N–H and O–H groups in total. The molecule has 0 spiro atoms. The van der Waals surface area contributed by atoms with Gasteiger partial charge < -0.3 is 5.11 Å². The van der Waals surface area contributed by atoms with Gasteiger partial charge in [0.05, 0.1) is 11.4 Å². The van der Waals surface area contributed by atoms with Crippen molar-refractivity contribution < 1.29 is 9.90 Å². The molecule has 1 aliphatic rings. The normalized spacial score (nSPS) is 14.3. The van der Waals surface area contributed by atoms with Crippen LogP contribution in [-0.4, -0.2) is 31.6 Å². The van der Waals surface area contributed by atoms with Gasteiger partial charge in [0, 0.05) is 11.3 Å². The molecule has 0 unspecified atom stereocenters. The predicted molar refractivity (Wildman–Crippen MR) is 89.2 cm³/mol. The first-order valence-electron chi connectivity index (χ1n) is 7.52. The van der Waals surface area contributed by atoms with E-state index in [2.05, 4.69) is 28.4 Å². The third-order valence-corrected chi connectivity index (χ3v) is 4.85. The van der Waals surface area contributed by atoms with Crippen molar-refractivity contribution in [3.63, 3.8) is 0 Å². The number of hydrogen-bond acceptors (Lipinski definition) is 4. The maximum absolute atomic E-state index is 10.9. The fourth-order valence-electron chi connectivity index (χ4n) is 2.74. The highest BCUT2D eigenvalue weighted by Crippen LogP contribution is 2.41. The summed E-state index contributed by atoms with van der Waals surface area (Å²) in [6.45, 7) is 0. The van der Waals surface area contributed by atoms with Crippen LogP contribution >= 0.6 is 11.8 Å². The number of carbonyl (C=O) groups is 1. The minimum Gasteiger partial charge on any atom is -0.481 e. The Hall–Kier alpha value is -2.34. The fourth-order valence-corrected chi connectivity index (χ4v) is 3.41. The van der Waals surface area contributed by atoms with Crippen LogP contribution in [0.4, 0.5) is 0 Å². The van der Waals surface area contributed by atoms with Crippen molar-refractivity contribution in [1.29, 1.82) is 0 Å². The predicted octanol–water partition coefficient (Wildman–Crippen LogP) is 3.47. The van der Waals surface area contributed by atoms with E-state index in [1.165, 1.54) is 11.8 Å². The summed E-state index contributed by atoms with van der Waals surface area (Å²) in [6.07, 6.45) is 2.24. The smallest absolute Gasteiger partial charge is 0.313 e. The van der Waals surface area contributed by atoms with E-state index in [1.807, 2.05) is 28.8 Å². The molecule has 1 saturated carbocycles. The van der Waals surface area contributed by atoms with Crippen LogP contribution in [0.3, 0.4) is 0 Å². The average Bonchev–Trinajstić information content (AvgIpc) is 3.32. The molecule has 0 atom stereocenters. The van der Waals surface area contributed by atoms with Crippen LogP contribution in [0.25, 0.3) is 16.5 Å². The number of aromatic nitrogens is 3. The lowest BCUT2D eigenvalue weighted by molar-refractivity contribution is -0.133. The molecule has 1 aliphatic carbocycles. The first kappa shape index (κ1) is 14.3. The maximum Gasteiger partial charge on any atom is 0.313 e. The van der Waals surface area contributed by atoms with Gasteiger partial charge in [-0.15, -0.1) is 10.2 Å². The van der Waals surface area contributed by atoms with Gasteiger partial charge in [-0.3, -0.25) is 9.36 Å². The Balaban J connectivity index is 1.88. The number of benzene rings is 2. The second-order valence-electron chi connectivity index (χ2n) is 5.63. The summed E-state index contributed by atoms with van der Waals surface area (Å²) in [6, 6.07) is 14.3. The molecule has 1 fully saturated rings. The molecule has 0 saturated heterocycles. The average molecular weight is 325 g/mol. The van der Waals surface area contributed by atoms with Gasteiger partial charge in [0.25, 0.3) is 0 Å². The van der Waals surface area contributed by atoms with Crippen molar-refractivity contribution in [1.82, 2.24) is 14.8 Å². The van der Waals surface area contributed by atoms with Crippen molar-refractivity contribution in [3.05, 3.63) is 48.3 Å². The molecule has 1 aromatic heterocycles. The Labute approximate surface area is 137 Å². The number of carboxylic acids is 1. The molecule has 116 valence electrons. The molecular formula is C17H15N3O2S. The third-order valence-electron chi connectivity index (χ3n) is 3.93. The molecule has 5 nitrogen and oxygen atoms in total. The topological polar surface area (TPSA) is 68.0 Å². The van der Waals surface area contributed by atoms with Gasteiger partial charge in [-0.2, -0.15) is 0 Å². The van der Waals surface area contributed by atoms with Gasteiger partial charge in [-0.05, 0) is 24.3 Å². The van der Waals surface area contributed by atoms with Crippen LogP contribution in [0.15, 0.2) is 47.6 Å². The lowest BCUT2D eigenvalue weighted by Gasteiger charge is -2.12. The van der Waals surface area contributed by atoms with Gasteiger partial charge in [0.1, 0.15) is 5.82 Å². The highest BCUT2D eigenvalue weighted by molar-refractivity contribution is 7.99. The number of rotatable bonds is 5. The zero-order valence-electron chi connectivity index (χ0n) is 12.3. The highest BCUT2D eigenvalue weighted by Gasteiger charge is 2.31. The molecule has 3 aromatic rings. The summed E-state index contributed by atoms with van der Waals surface area (Å²) in [5.74, 6) is 0.499. The summed E-state index contributed by atoms with van der Waals surface area (Å²) >= 11 is 1.21. The Morgan fingerprint density at radius 2 is 1.96 bits per heavy atom. The number of carboxylic acid groups (broad SMARTS) is 1. The molecule has 0 amide bonds. The number of nitrogens with zero attached hydrogens (tertiary/aromatic N) is 3. The number of hydrogen-bond donors (Lipinski definition) is 1. The molecule has 23 heavy (non-hydrogen) atoms. The second-order valence-corrected chi connectivity index (χ2v) is 6.57. The number of fused-ring (bicyclic) bond motifs is 1. The second kappa shape index (κ2) is 5.70. The molecule has 4 rings (SSSR count). The van der Waals surface area contributed by atoms with Gasteiger partial charge in [0.2, 0.25) is 0 Å². The van der Waals surface area contributed by atoms with E-state index in [0.717, 1.165) is 35.1 Å². The van der Waals surface area contributed by atoms with E-state index in [1.54, 1.807) is 0 Å². The Morgan fingerprint density at radius 1 is 1.17 bits per heavy atom. The van der Waals surface area contributed by atoms with Crippen molar-refractivity contribution in [2.45, 2.75) is 23.9 Å². The first-order chi connectivity index (χ1) is 11.2. The van der Waals surface area contributed by atoms with E-state index in [-0.39, 0.29) is 5.75 Å². The van der Waals surface area contributed by atoms with E-state index in [0.29, 0.717) is 11.1 Å². The molecule has 0 aliphatic heterocycles. The minimum atomic E-state index is -0.851. The van der Waals surface area contributed by atoms with Crippen molar-refractivity contribution in [3.8, 4) is 5.69 Å². The summed E-state index contributed by atoms with van der Waals surface area (Å²) in [5.41, 5.74) is 1.02. The Kier molecular flexibility index (Phi) is 3.53. The van der Waals surface area contributed by atoms with Gasteiger partial charge in [-0.25, -0.2) is 0 Å². The summed E-state index contributed by atoms with van der Waals surface area (Å²) in [4.78, 5) is 10.9. The van der Waals surface area contributed by atoms with Crippen molar-refractivity contribution in [2.75, 3.05) is 5.75 Å². The first-order valence-corrected chi connectivity index (χ1v) is 8.50. The summed E-state index contributed by atoms with van der Waals surface area (Å²) < 4.78 is 2.04. The van der Waals surface area contributed by atoms with Gasteiger partial charge >= 0.3 is 5.97 Å². The largest absolute Gasteiger partial charge is 0.481 e. The van der Waals surface area contributed by atoms with Crippen LogP contribution in [0.1, 0.15) is 24.6 Å². The van der Waals surface area contributed by atoms with Crippen LogP contribution in [0, 0.1) is 0 Å². The molecule has 6 heteroatoms. The molecule has 2 aromatic carbocycles. The molecular weight excluding hydrogens is 310 g/mol. The van der Waals surface area contributed by atoms with E-state index < -0.39 is 5.97 Å². The quantitative estimate of drug-likeness (QED) is 0.727. The zero-order chi connectivity index (χ0) is 15.8. The van der Waals surface area contributed by atoms with E-state index in [4.69, 9.17) is 5.11 Å². The summed E-state index contributed by atoms with van der Waals surface area (Å²) in [7, 11) is 0. The highest BCUT2D eigenvalue weighted by atomic mass is 32.2. The lowest BCUT2D eigenvalue weighted by Crippen LogP contribution is -2.05. The number of aliphatic carboxylic acids is 1. The summed E-state index contributed by atoms with van der Waals surface area (Å²) in [5, 5.41) is 20.5. The van der Waals surface area contributed by atoms with Crippen molar-refractivity contribution >= 4 is 28.5 Å². The SMILES string of the molecule is O=C(O)CSc1nnc(C2CC2)n1-c1cccc2ccccc12. The third kappa shape index (κ3) is 2.70. The van der Waals surface area contributed by atoms with Crippen molar-refractivity contribution in [2.24, 2.45) is 0 Å². The standard InChI is InChI=1S/C17H15N3O2S/c21-15(22)10-23-17-19-18-16(12-8-9-12)20(17)14-7-3-5-11-4-1-2-6-13(11)14/h1-7,12H,8-10H2,(H,21,22). The van der Waals surface area contributed by atoms with Gasteiger partial charge in [0.15, 0.2) is 5.16 Å². The molecule has 0 radical (unpaired) electrons. The maximum atomic E-state index is 10.9. The fraction of sp³-hybridized carbons (Fsp3) is 0.235. The van der Waals surface area contributed by atoms with Crippen LogP contribution in [-0.2, 0) is 4.79 Å². The Bertz CT molecular complexity index is 881. The van der Waals surface area contributed by atoms with Gasteiger partial charge in [-0.1, -0.05) is 48.2 Å². The zero-order valence-corrected chi connectivity index (χ0v) is 13.2. The van der Waals surface area contributed by atoms with Crippen LogP contribution in [0.5, 0.6) is 0 Å². The van der Waals surface area contributed by atoms with Crippen LogP contribution < -0.4 is 0 Å². The van der Waals surface area contributed by atoms with E-state index in [9.17, 15) is 4.79 Å².